The van der Waals surface area contributed by atoms with E-state index in [2.05, 4.69) is 27.3 Å². The number of aliphatic hydroxyl groups is 1. The minimum atomic E-state index is -0.982. The van der Waals surface area contributed by atoms with Crippen molar-refractivity contribution < 1.29 is 19.1 Å². The molecule has 6 heteroatoms. The molecular formula is C13H10ClIO4. The summed E-state index contributed by atoms with van der Waals surface area (Å²) in [6.45, 7) is 0. The van der Waals surface area contributed by atoms with Crippen LogP contribution < -0.4 is 0 Å². The Morgan fingerprint density at radius 3 is 2.84 bits per heavy atom. The third kappa shape index (κ3) is 3.10. The summed E-state index contributed by atoms with van der Waals surface area (Å²) in [5.41, 5.74) is 0.624. The summed E-state index contributed by atoms with van der Waals surface area (Å²) in [5, 5.41) is 10.8. The van der Waals surface area contributed by atoms with E-state index in [1.54, 1.807) is 18.2 Å². The summed E-state index contributed by atoms with van der Waals surface area (Å²) in [5.74, 6) is -0.270. The molecule has 1 atom stereocenters. The molecular weight excluding hydrogens is 382 g/mol. The Kier molecular flexibility index (Phi) is 4.49. The van der Waals surface area contributed by atoms with Gasteiger partial charge < -0.3 is 14.3 Å². The lowest BCUT2D eigenvalue weighted by Crippen LogP contribution is -2.02. The molecule has 19 heavy (non-hydrogen) atoms. The van der Waals surface area contributed by atoms with E-state index >= 15 is 0 Å². The minimum Gasteiger partial charge on any atom is -0.463 e. The first kappa shape index (κ1) is 14.4. The molecule has 2 aromatic rings. The maximum absolute atomic E-state index is 11.3. The van der Waals surface area contributed by atoms with Crippen LogP contribution in [0.5, 0.6) is 0 Å². The molecule has 2 rings (SSSR count). The van der Waals surface area contributed by atoms with Crippen LogP contribution in [0.25, 0.3) is 0 Å². The van der Waals surface area contributed by atoms with Gasteiger partial charge in [-0.1, -0.05) is 11.6 Å². The predicted molar refractivity (Wildman–Crippen MR) is 78.3 cm³/mol. The Bertz CT molecular complexity index is 608. The van der Waals surface area contributed by atoms with E-state index in [4.69, 9.17) is 16.0 Å². The molecule has 1 aromatic heterocycles. The van der Waals surface area contributed by atoms with Gasteiger partial charge in [-0.05, 0) is 52.9 Å². The van der Waals surface area contributed by atoms with Crippen molar-refractivity contribution >= 4 is 40.2 Å². The molecule has 0 amide bonds. The Morgan fingerprint density at radius 1 is 1.42 bits per heavy atom. The van der Waals surface area contributed by atoms with Gasteiger partial charge >= 0.3 is 5.97 Å². The van der Waals surface area contributed by atoms with Crippen molar-refractivity contribution in [1.82, 2.24) is 0 Å². The molecule has 4 nitrogen and oxygen atoms in total. The summed E-state index contributed by atoms with van der Waals surface area (Å²) in [6, 6.07) is 8.19. The van der Waals surface area contributed by atoms with Crippen LogP contribution in [0.15, 0.2) is 34.7 Å². The van der Waals surface area contributed by atoms with Crippen molar-refractivity contribution in [3.63, 3.8) is 0 Å². The highest BCUT2D eigenvalue weighted by atomic mass is 127. The molecule has 0 spiro atoms. The summed E-state index contributed by atoms with van der Waals surface area (Å²) in [6.07, 6.45) is -0.982. The van der Waals surface area contributed by atoms with Crippen LogP contribution in [0.2, 0.25) is 5.02 Å². The number of methoxy groups -OCH3 is 1. The zero-order valence-corrected chi connectivity index (χ0v) is 12.8. The Labute approximate surface area is 128 Å². The van der Waals surface area contributed by atoms with Crippen LogP contribution in [0.1, 0.15) is 28.0 Å². The fourth-order valence-electron chi connectivity index (χ4n) is 1.59. The maximum atomic E-state index is 11.3. The number of aliphatic hydroxyl groups excluding tert-OH is 1. The van der Waals surface area contributed by atoms with Gasteiger partial charge in [0.05, 0.1) is 7.11 Å². The monoisotopic (exact) mass is 392 g/mol. The van der Waals surface area contributed by atoms with Crippen molar-refractivity contribution in [2.45, 2.75) is 6.10 Å². The quantitative estimate of drug-likeness (QED) is 0.642. The zero-order valence-electron chi connectivity index (χ0n) is 9.89. The van der Waals surface area contributed by atoms with Gasteiger partial charge in [0.15, 0.2) is 0 Å². The number of ether oxygens (including phenoxy) is 1. The fraction of sp³-hybridized carbons (Fsp3) is 0.154. The summed E-state index contributed by atoms with van der Waals surface area (Å²) in [4.78, 5) is 11.3. The normalized spacial score (nSPS) is 12.2. The van der Waals surface area contributed by atoms with E-state index in [1.165, 1.54) is 19.2 Å². The molecule has 0 aliphatic carbocycles. The molecule has 1 unspecified atom stereocenters. The van der Waals surface area contributed by atoms with E-state index in [1.807, 2.05) is 0 Å². The van der Waals surface area contributed by atoms with Gasteiger partial charge in [0.25, 0.3) is 0 Å². The Balaban J connectivity index is 2.33. The first-order chi connectivity index (χ1) is 9.02. The molecule has 0 bridgehead atoms. The number of esters is 1. The lowest BCUT2D eigenvalue weighted by Gasteiger charge is -2.10. The predicted octanol–water partition coefficient (Wildman–Crippen LogP) is 3.41. The number of carbonyl (C=O) groups is 1. The van der Waals surface area contributed by atoms with E-state index in [0.29, 0.717) is 10.6 Å². The van der Waals surface area contributed by atoms with Crippen molar-refractivity contribution in [2.24, 2.45) is 0 Å². The number of hydrogen-bond acceptors (Lipinski definition) is 4. The van der Waals surface area contributed by atoms with E-state index in [9.17, 15) is 9.90 Å². The van der Waals surface area contributed by atoms with Crippen LogP contribution in [0.4, 0.5) is 0 Å². The van der Waals surface area contributed by atoms with Gasteiger partial charge in [-0.15, -0.1) is 0 Å². The number of rotatable bonds is 3. The maximum Gasteiger partial charge on any atom is 0.373 e. The van der Waals surface area contributed by atoms with Gasteiger partial charge in [0.1, 0.15) is 11.9 Å². The first-order valence-electron chi connectivity index (χ1n) is 5.34. The second-order valence-corrected chi connectivity index (χ2v) is 5.36. The average Bonchev–Trinajstić information content (AvgIpc) is 2.89. The lowest BCUT2D eigenvalue weighted by atomic mass is 10.1. The second-order valence-electron chi connectivity index (χ2n) is 3.76. The van der Waals surface area contributed by atoms with E-state index in [-0.39, 0.29) is 11.5 Å². The first-order valence-corrected chi connectivity index (χ1v) is 6.79. The Hall–Kier alpha value is -1.05. The highest BCUT2D eigenvalue weighted by Gasteiger charge is 2.20. The van der Waals surface area contributed by atoms with Gasteiger partial charge in [-0.3, -0.25) is 0 Å². The zero-order chi connectivity index (χ0) is 14.0. The molecule has 0 aliphatic heterocycles. The van der Waals surface area contributed by atoms with Crippen LogP contribution in [-0.2, 0) is 4.74 Å². The van der Waals surface area contributed by atoms with Crippen LogP contribution in [0.3, 0.4) is 0 Å². The number of carbonyl (C=O) groups excluding carboxylic acids is 1. The molecule has 0 saturated carbocycles. The second kappa shape index (κ2) is 5.94. The highest BCUT2D eigenvalue weighted by molar-refractivity contribution is 14.1. The van der Waals surface area contributed by atoms with E-state index < -0.39 is 12.1 Å². The Morgan fingerprint density at radius 2 is 2.16 bits per heavy atom. The van der Waals surface area contributed by atoms with Gasteiger partial charge in [-0.2, -0.15) is 0 Å². The average molecular weight is 393 g/mol. The molecule has 1 N–H and O–H groups in total. The molecule has 1 aromatic carbocycles. The highest BCUT2D eigenvalue weighted by Crippen LogP contribution is 2.29. The van der Waals surface area contributed by atoms with Gasteiger partial charge in [-0.25, -0.2) is 4.79 Å². The fourth-order valence-corrected chi connectivity index (χ4v) is 2.40. The van der Waals surface area contributed by atoms with Crippen LogP contribution >= 0.6 is 34.2 Å². The molecule has 100 valence electrons. The lowest BCUT2D eigenvalue weighted by molar-refractivity contribution is 0.0558. The van der Waals surface area contributed by atoms with Crippen molar-refractivity contribution in [2.75, 3.05) is 7.11 Å². The number of halogens is 2. The summed E-state index contributed by atoms with van der Waals surface area (Å²) < 4.78 is 10.7. The molecule has 1 heterocycles. The number of benzene rings is 1. The van der Waals surface area contributed by atoms with Crippen molar-refractivity contribution in [1.29, 1.82) is 0 Å². The van der Waals surface area contributed by atoms with E-state index in [0.717, 1.165) is 3.57 Å². The topological polar surface area (TPSA) is 59.7 Å². The van der Waals surface area contributed by atoms with Crippen LogP contribution in [-0.4, -0.2) is 18.2 Å². The third-order valence-electron chi connectivity index (χ3n) is 2.54. The number of furan rings is 1. The largest absolute Gasteiger partial charge is 0.463 e. The number of hydrogen-bond donors (Lipinski definition) is 1. The van der Waals surface area contributed by atoms with Crippen LogP contribution in [0, 0.1) is 3.57 Å². The SMILES string of the molecule is COC(=O)c1ccc(C(O)c2cc(Cl)ccc2I)o1. The molecule has 0 fully saturated rings. The molecule has 0 aliphatic rings. The van der Waals surface area contributed by atoms with Crippen molar-refractivity contribution in [3.8, 4) is 0 Å². The minimum absolute atomic E-state index is 0.0496. The summed E-state index contributed by atoms with van der Waals surface area (Å²) >= 11 is 8.00. The third-order valence-corrected chi connectivity index (χ3v) is 3.75. The van der Waals surface area contributed by atoms with Gasteiger partial charge in [0.2, 0.25) is 5.76 Å². The van der Waals surface area contributed by atoms with Gasteiger partial charge in [0, 0.05) is 14.2 Å². The summed E-state index contributed by atoms with van der Waals surface area (Å²) in [7, 11) is 1.26. The van der Waals surface area contributed by atoms with Crippen molar-refractivity contribution in [3.05, 3.63) is 56.0 Å². The standard InChI is InChI=1S/C13H10ClIO4/c1-18-13(17)11-5-4-10(19-11)12(16)8-6-7(14)2-3-9(8)15/h2-6,12,16H,1H3. The molecule has 0 saturated heterocycles. The smallest absolute Gasteiger partial charge is 0.373 e. The molecule has 0 radical (unpaired) electrons.